The Morgan fingerprint density at radius 1 is 1.31 bits per heavy atom. The lowest BCUT2D eigenvalue weighted by Crippen LogP contribution is -2.18. The first kappa shape index (κ1) is 12.5. The molecule has 0 saturated carbocycles. The first-order valence-electron chi connectivity index (χ1n) is 5.03. The van der Waals surface area contributed by atoms with E-state index in [-0.39, 0.29) is 12.5 Å². The van der Waals surface area contributed by atoms with Crippen LogP contribution in [0.4, 0.5) is 5.69 Å². The van der Waals surface area contributed by atoms with Gasteiger partial charge in [0.25, 0.3) is 0 Å². The van der Waals surface area contributed by atoms with Crippen LogP contribution in [0, 0.1) is 13.8 Å². The summed E-state index contributed by atoms with van der Waals surface area (Å²) in [5.74, 6) is 0.631. The molecule has 88 valence electrons. The third-order valence-corrected chi connectivity index (χ3v) is 2.36. The molecule has 1 aromatic carbocycles. The average molecular weight is 223 g/mol. The molecular weight excluding hydrogens is 206 g/mol. The molecule has 0 heterocycles. The van der Waals surface area contributed by atoms with E-state index < -0.39 is 0 Å². The van der Waals surface area contributed by atoms with Gasteiger partial charge in [-0.3, -0.25) is 4.79 Å². The molecule has 0 unspecified atom stereocenters. The molecule has 0 bridgehead atoms. The van der Waals surface area contributed by atoms with Gasteiger partial charge in [-0.2, -0.15) is 0 Å². The SMILES string of the molecule is COCC(=O)Nc1ccc(C)c(OC)c1C. The van der Waals surface area contributed by atoms with Gasteiger partial charge in [-0.25, -0.2) is 0 Å². The minimum Gasteiger partial charge on any atom is -0.496 e. The van der Waals surface area contributed by atoms with Crippen molar-refractivity contribution < 1.29 is 14.3 Å². The fourth-order valence-corrected chi connectivity index (χ4v) is 1.59. The Morgan fingerprint density at radius 3 is 2.56 bits per heavy atom. The third-order valence-electron chi connectivity index (χ3n) is 2.36. The number of rotatable bonds is 4. The standard InChI is InChI=1S/C12H17NO3/c1-8-5-6-10(9(2)12(8)16-4)13-11(14)7-15-3/h5-6H,7H2,1-4H3,(H,13,14). The van der Waals surface area contributed by atoms with E-state index >= 15 is 0 Å². The van der Waals surface area contributed by atoms with Crippen molar-refractivity contribution in [2.24, 2.45) is 0 Å². The monoisotopic (exact) mass is 223 g/mol. The number of ether oxygens (including phenoxy) is 2. The average Bonchev–Trinajstić information content (AvgIpc) is 2.23. The van der Waals surface area contributed by atoms with E-state index in [4.69, 9.17) is 9.47 Å². The fraction of sp³-hybridized carbons (Fsp3) is 0.417. The molecule has 0 aliphatic rings. The largest absolute Gasteiger partial charge is 0.496 e. The smallest absolute Gasteiger partial charge is 0.250 e. The van der Waals surface area contributed by atoms with E-state index in [0.29, 0.717) is 0 Å². The number of methoxy groups -OCH3 is 2. The van der Waals surface area contributed by atoms with E-state index in [1.807, 2.05) is 26.0 Å². The number of aryl methyl sites for hydroxylation is 1. The van der Waals surface area contributed by atoms with Crippen LogP contribution in [0.25, 0.3) is 0 Å². The van der Waals surface area contributed by atoms with E-state index in [9.17, 15) is 4.79 Å². The molecule has 1 rings (SSSR count). The second kappa shape index (κ2) is 5.51. The van der Waals surface area contributed by atoms with Gasteiger partial charge < -0.3 is 14.8 Å². The highest BCUT2D eigenvalue weighted by atomic mass is 16.5. The number of amides is 1. The Labute approximate surface area is 95.6 Å². The van der Waals surface area contributed by atoms with Crippen LogP contribution in [0.5, 0.6) is 5.75 Å². The molecule has 16 heavy (non-hydrogen) atoms. The molecule has 1 aromatic rings. The summed E-state index contributed by atoms with van der Waals surface area (Å²) < 4.78 is 10.0. The van der Waals surface area contributed by atoms with Crippen LogP contribution in [0.2, 0.25) is 0 Å². The summed E-state index contributed by atoms with van der Waals surface area (Å²) in [5, 5.41) is 2.77. The van der Waals surface area contributed by atoms with Crippen molar-refractivity contribution in [1.29, 1.82) is 0 Å². The number of carbonyl (C=O) groups is 1. The van der Waals surface area contributed by atoms with Gasteiger partial charge >= 0.3 is 0 Å². The van der Waals surface area contributed by atoms with Crippen LogP contribution in [-0.2, 0) is 9.53 Å². The number of anilines is 1. The van der Waals surface area contributed by atoms with Gasteiger partial charge in [-0.05, 0) is 25.5 Å². The van der Waals surface area contributed by atoms with Crippen molar-refractivity contribution in [3.05, 3.63) is 23.3 Å². The van der Waals surface area contributed by atoms with Gasteiger partial charge in [0.05, 0.1) is 7.11 Å². The normalized spacial score (nSPS) is 10.0. The quantitative estimate of drug-likeness (QED) is 0.848. The van der Waals surface area contributed by atoms with Gasteiger partial charge in [0.2, 0.25) is 5.91 Å². The lowest BCUT2D eigenvalue weighted by Gasteiger charge is -2.13. The second-order valence-corrected chi connectivity index (χ2v) is 3.57. The molecule has 0 aromatic heterocycles. The van der Waals surface area contributed by atoms with E-state index in [0.717, 1.165) is 22.6 Å². The number of benzene rings is 1. The molecule has 4 heteroatoms. The van der Waals surface area contributed by atoms with E-state index in [1.54, 1.807) is 7.11 Å². The Hall–Kier alpha value is -1.55. The molecule has 1 N–H and O–H groups in total. The highest BCUT2D eigenvalue weighted by Gasteiger charge is 2.09. The maximum atomic E-state index is 11.4. The lowest BCUT2D eigenvalue weighted by molar-refractivity contribution is -0.119. The lowest BCUT2D eigenvalue weighted by atomic mass is 10.1. The minimum atomic E-state index is -0.170. The molecule has 4 nitrogen and oxygen atoms in total. The minimum absolute atomic E-state index is 0.0512. The van der Waals surface area contributed by atoms with Crippen LogP contribution in [-0.4, -0.2) is 26.7 Å². The first-order valence-corrected chi connectivity index (χ1v) is 5.03. The van der Waals surface area contributed by atoms with E-state index in [1.165, 1.54) is 7.11 Å². The van der Waals surface area contributed by atoms with Gasteiger partial charge in [0.15, 0.2) is 0 Å². The molecule has 0 spiro atoms. The van der Waals surface area contributed by atoms with Crippen molar-refractivity contribution in [3.63, 3.8) is 0 Å². The Kier molecular flexibility index (Phi) is 4.31. The van der Waals surface area contributed by atoms with Crippen LogP contribution in [0.3, 0.4) is 0 Å². The van der Waals surface area contributed by atoms with Crippen molar-refractivity contribution in [2.75, 3.05) is 26.1 Å². The van der Waals surface area contributed by atoms with Gasteiger partial charge in [0.1, 0.15) is 12.4 Å². The van der Waals surface area contributed by atoms with Crippen LogP contribution >= 0.6 is 0 Å². The zero-order chi connectivity index (χ0) is 12.1. The van der Waals surface area contributed by atoms with Crippen LogP contribution in [0.1, 0.15) is 11.1 Å². The van der Waals surface area contributed by atoms with Crippen molar-refractivity contribution in [3.8, 4) is 5.75 Å². The second-order valence-electron chi connectivity index (χ2n) is 3.57. The molecule has 0 radical (unpaired) electrons. The summed E-state index contributed by atoms with van der Waals surface area (Å²) in [4.78, 5) is 11.4. The fourth-order valence-electron chi connectivity index (χ4n) is 1.59. The van der Waals surface area contributed by atoms with Gasteiger partial charge in [0, 0.05) is 18.4 Å². The van der Waals surface area contributed by atoms with Crippen molar-refractivity contribution in [1.82, 2.24) is 0 Å². The molecule has 0 aliphatic carbocycles. The van der Waals surface area contributed by atoms with Crippen molar-refractivity contribution in [2.45, 2.75) is 13.8 Å². The zero-order valence-electron chi connectivity index (χ0n) is 10.1. The number of hydrogen-bond donors (Lipinski definition) is 1. The first-order chi connectivity index (χ1) is 7.60. The Balaban J connectivity index is 2.93. The van der Waals surface area contributed by atoms with Gasteiger partial charge in [-0.15, -0.1) is 0 Å². The molecule has 0 aliphatic heterocycles. The summed E-state index contributed by atoms with van der Waals surface area (Å²) in [5.41, 5.74) is 2.72. The highest BCUT2D eigenvalue weighted by molar-refractivity contribution is 5.92. The highest BCUT2D eigenvalue weighted by Crippen LogP contribution is 2.28. The maximum Gasteiger partial charge on any atom is 0.250 e. The summed E-state index contributed by atoms with van der Waals surface area (Å²) in [6.07, 6.45) is 0. The van der Waals surface area contributed by atoms with Crippen molar-refractivity contribution >= 4 is 11.6 Å². The summed E-state index contributed by atoms with van der Waals surface area (Å²) >= 11 is 0. The predicted molar refractivity (Wildman–Crippen MR) is 63.0 cm³/mol. The van der Waals surface area contributed by atoms with Crippen LogP contribution < -0.4 is 10.1 Å². The molecule has 0 saturated heterocycles. The predicted octanol–water partition coefficient (Wildman–Crippen LogP) is 1.90. The van der Waals surface area contributed by atoms with E-state index in [2.05, 4.69) is 5.32 Å². The number of hydrogen-bond acceptors (Lipinski definition) is 3. The number of carbonyl (C=O) groups excluding carboxylic acids is 1. The summed E-state index contributed by atoms with van der Waals surface area (Å²) in [7, 11) is 3.11. The topological polar surface area (TPSA) is 47.6 Å². The van der Waals surface area contributed by atoms with Gasteiger partial charge in [-0.1, -0.05) is 6.07 Å². The molecular formula is C12H17NO3. The number of nitrogens with one attached hydrogen (secondary N) is 1. The Morgan fingerprint density at radius 2 is 2.00 bits per heavy atom. The summed E-state index contributed by atoms with van der Waals surface area (Å²) in [6, 6.07) is 3.77. The Bertz CT molecular complexity index is 388. The van der Waals surface area contributed by atoms with Crippen LogP contribution in [0.15, 0.2) is 12.1 Å². The molecule has 1 amide bonds. The summed E-state index contributed by atoms with van der Waals surface area (Å²) in [6.45, 7) is 3.93. The zero-order valence-corrected chi connectivity index (χ0v) is 10.1. The maximum absolute atomic E-state index is 11.4. The molecule has 0 atom stereocenters. The third kappa shape index (κ3) is 2.73. The molecule has 0 fully saturated rings.